The molecule has 18 heavy (non-hydrogen) atoms. The van der Waals surface area contributed by atoms with Gasteiger partial charge in [0.2, 0.25) is 0 Å². The number of hydrogen-bond donors (Lipinski definition) is 0. The second-order valence-electron chi connectivity index (χ2n) is 4.83. The van der Waals surface area contributed by atoms with Crippen LogP contribution in [0.25, 0.3) is 0 Å². The lowest BCUT2D eigenvalue weighted by Gasteiger charge is -2.24. The van der Waals surface area contributed by atoms with Crippen LogP contribution in [0.4, 0.5) is 0 Å². The van der Waals surface area contributed by atoms with Crippen molar-refractivity contribution in [3.8, 4) is 0 Å². The summed E-state index contributed by atoms with van der Waals surface area (Å²) in [5, 5.41) is 8.30. The molecule has 0 aliphatic rings. The fourth-order valence-electron chi connectivity index (χ4n) is 2.08. The normalized spacial score (nSPS) is 11.7. The number of benzene rings is 1. The third kappa shape index (κ3) is 2.43. The third-order valence-electron chi connectivity index (χ3n) is 3.21. The fourth-order valence-corrected chi connectivity index (χ4v) is 2.08. The highest BCUT2D eigenvalue weighted by Crippen LogP contribution is 2.29. The minimum absolute atomic E-state index is 0.161. The van der Waals surface area contributed by atoms with E-state index in [1.807, 2.05) is 18.2 Å². The second kappa shape index (κ2) is 5.31. The monoisotopic (exact) mass is 245 g/mol. The quantitative estimate of drug-likeness (QED) is 0.811. The topological polar surface area (TPSA) is 39.9 Å². The molecular weight excluding hydrogens is 226 g/mol. The third-order valence-corrected chi connectivity index (χ3v) is 3.21. The molecule has 0 saturated heterocycles. The zero-order valence-corrected chi connectivity index (χ0v) is 11.1. The summed E-state index contributed by atoms with van der Waals surface area (Å²) in [4.78, 5) is 0. The molecule has 1 aromatic carbocycles. The lowest BCUT2D eigenvalue weighted by molar-refractivity contribution is 0.185. The minimum atomic E-state index is -0.161. The van der Waals surface area contributed by atoms with Gasteiger partial charge in [0.25, 0.3) is 0 Å². The van der Waals surface area contributed by atoms with Crippen LogP contribution in [0.15, 0.2) is 36.7 Å². The SMILES string of the molecule is COCCn1cnnc1C(C)(C)c1ccccc1. The van der Waals surface area contributed by atoms with Gasteiger partial charge in [-0.25, -0.2) is 0 Å². The molecule has 0 atom stereocenters. The van der Waals surface area contributed by atoms with E-state index in [2.05, 4.69) is 40.7 Å². The number of nitrogens with zero attached hydrogens (tertiary/aromatic N) is 3. The Kier molecular flexibility index (Phi) is 3.77. The molecule has 0 radical (unpaired) electrons. The van der Waals surface area contributed by atoms with E-state index in [0.717, 1.165) is 12.4 Å². The maximum absolute atomic E-state index is 5.11. The van der Waals surface area contributed by atoms with Gasteiger partial charge in [0.1, 0.15) is 12.2 Å². The summed E-state index contributed by atoms with van der Waals surface area (Å²) in [5.41, 5.74) is 1.07. The molecule has 0 saturated carbocycles. The summed E-state index contributed by atoms with van der Waals surface area (Å²) in [6.45, 7) is 5.76. The number of methoxy groups -OCH3 is 1. The van der Waals surface area contributed by atoms with Crippen molar-refractivity contribution in [2.75, 3.05) is 13.7 Å². The summed E-state index contributed by atoms with van der Waals surface area (Å²) in [5.74, 6) is 0.964. The fraction of sp³-hybridized carbons (Fsp3) is 0.429. The van der Waals surface area contributed by atoms with Crippen LogP contribution in [0.2, 0.25) is 0 Å². The van der Waals surface area contributed by atoms with E-state index in [9.17, 15) is 0 Å². The summed E-state index contributed by atoms with van der Waals surface area (Å²) < 4.78 is 7.16. The van der Waals surface area contributed by atoms with Crippen LogP contribution >= 0.6 is 0 Å². The number of aromatic nitrogens is 3. The number of hydrogen-bond acceptors (Lipinski definition) is 3. The Bertz CT molecular complexity index is 491. The van der Waals surface area contributed by atoms with Crippen LogP contribution in [-0.2, 0) is 16.7 Å². The van der Waals surface area contributed by atoms with Gasteiger partial charge in [-0.1, -0.05) is 30.3 Å². The first-order valence-corrected chi connectivity index (χ1v) is 6.09. The largest absolute Gasteiger partial charge is 0.383 e. The Balaban J connectivity index is 2.32. The smallest absolute Gasteiger partial charge is 0.142 e. The maximum Gasteiger partial charge on any atom is 0.142 e. The molecule has 0 amide bonds. The van der Waals surface area contributed by atoms with Crippen LogP contribution in [-0.4, -0.2) is 28.5 Å². The number of ether oxygens (including phenoxy) is 1. The van der Waals surface area contributed by atoms with Crippen LogP contribution in [0.3, 0.4) is 0 Å². The standard InChI is InChI=1S/C14H19N3O/c1-14(2,12-7-5-4-6-8-12)13-16-15-11-17(13)9-10-18-3/h4-8,11H,9-10H2,1-3H3. The number of rotatable bonds is 5. The second-order valence-corrected chi connectivity index (χ2v) is 4.83. The van der Waals surface area contributed by atoms with Crippen molar-refractivity contribution in [3.05, 3.63) is 48.0 Å². The molecule has 4 heteroatoms. The predicted molar refractivity (Wildman–Crippen MR) is 70.5 cm³/mol. The van der Waals surface area contributed by atoms with Crippen molar-refractivity contribution in [2.45, 2.75) is 25.8 Å². The van der Waals surface area contributed by atoms with E-state index < -0.39 is 0 Å². The first kappa shape index (κ1) is 12.8. The molecule has 0 aliphatic carbocycles. The molecule has 4 nitrogen and oxygen atoms in total. The first-order chi connectivity index (χ1) is 8.66. The Morgan fingerprint density at radius 1 is 1.22 bits per heavy atom. The summed E-state index contributed by atoms with van der Waals surface area (Å²) in [6, 6.07) is 10.4. The van der Waals surface area contributed by atoms with Gasteiger partial charge in [0.05, 0.1) is 6.61 Å². The van der Waals surface area contributed by atoms with E-state index in [0.29, 0.717) is 6.61 Å². The van der Waals surface area contributed by atoms with Crippen molar-refractivity contribution < 1.29 is 4.74 Å². The summed E-state index contributed by atoms with van der Waals surface area (Å²) in [7, 11) is 1.70. The Morgan fingerprint density at radius 2 is 1.94 bits per heavy atom. The zero-order chi connectivity index (χ0) is 13.0. The van der Waals surface area contributed by atoms with Gasteiger partial charge in [-0.2, -0.15) is 0 Å². The van der Waals surface area contributed by atoms with Gasteiger partial charge in [-0.05, 0) is 19.4 Å². The van der Waals surface area contributed by atoms with Crippen molar-refractivity contribution >= 4 is 0 Å². The van der Waals surface area contributed by atoms with Gasteiger partial charge in [0, 0.05) is 19.1 Å². The highest BCUT2D eigenvalue weighted by molar-refractivity contribution is 5.30. The average Bonchev–Trinajstić information content (AvgIpc) is 2.86. The molecule has 0 fully saturated rings. The molecule has 1 heterocycles. The van der Waals surface area contributed by atoms with Crippen molar-refractivity contribution in [1.29, 1.82) is 0 Å². The molecule has 0 bridgehead atoms. The van der Waals surface area contributed by atoms with Crippen molar-refractivity contribution in [1.82, 2.24) is 14.8 Å². The molecule has 96 valence electrons. The van der Waals surface area contributed by atoms with Gasteiger partial charge in [0.15, 0.2) is 0 Å². The molecule has 2 aromatic rings. The molecular formula is C14H19N3O. The molecule has 0 spiro atoms. The molecule has 0 N–H and O–H groups in total. The highest BCUT2D eigenvalue weighted by Gasteiger charge is 2.28. The Hall–Kier alpha value is -1.68. The van der Waals surface area contributed by atoms with Gasteiger partial charge < -0.3 is 9.30 Å². The lowest BCUT2D eigenvalue weighted by Crippen LogP contribution is -2.25. The van der Waals surface area contributed by atoms with Crippen molar-refractivity contribution in [2.24, 2.45) is 0 Å². The molecule has 0 aliphatic heterocycles. The molecule has 0 unspecified atom stereocenters. The minimum Gasteiger partial charge on any atom is -0.383 e. The Labute approximate surface area is 108 Å². The van der Waals surface area contributed by atoms with Crippen molar-refractivity contribution in [3.63, 3.8) is 0 Å². The summed E-state index contributed by atoms with van der Waals surface area (Å²) in [6.07, 6.45) is 1.76. The van der Waals surface area contributed by atoms with E-state index in [-0.39, 0.29) is 5.41 Å². The zero-order valence-electron chi connectivity index (χ0n) is 11.1. The average molecular weight is 245 g/mol. The molecule has 2 rings (SSSR count). The first-order valence-electron chi connectivity index (χ1n) is 6.09. The highest BCUT2D eigenvalue weighted by atomic mass is 16.5. The van der Waals surface area contributed by atoms with E-state index >= 15 is 0 Å². The predicted octanol–water partition coefficient (Wildman–Crippen LogP) is 2.25. The van der Waals surface area contributed by atoms with Gasteiger partial charge >= 0.3 is 0 Å². The van der Waals surface area contributed by atoms with Crippen LogP contribution < -0.4 is 0 Å². The lowest BCUT2D eigenvalue weighted by atomic mass is 9.84. The summed E-state index contributed by atoms with van der Waals surface area (Å²) >= 11 is 0. The Morgan fingerprint density at radius 3 is 2.61 bits per heavy atom. The van der Waals surface area contributed by atoms with Crippen LogP contribution in [0.5, 0.6) is 0 Å². The van der Waals surface area contributed by atoms with Gasteiger partial charge in [-0.15, -0.1) is 10.2 Å². The van der Waals surface area contributed by atoms with Crippen LogP contribution in [0.1, 0.15) is 25.2 Å². The van der Waals surface area contributed by atoms with Gasteiger partial charge in [-0.3, -0.25) is 0 Å². The van der Waals surface area contributed by atoms with Crippen LogP contribution in [0, 0.1) is 0 Å². The van der Waals surface area contributed by atoms with E-state index in [4.69, 9.17) is 4.74 Å². The van der Waals surface area contributed by atoms with E-state index in [1.54, 1.807) is 13.4 Å². The maximum atomic E-state index is 5.11. The van der Waals surface area contributed by atoms with E-state index in [1.165, 1.54) is 5.56 Å². The molecule has 1 aromatic heterocycles.